The van der Waals surface area contributed by atoms with Crippen LogP contribution in [0.4, 0.5) is 0 Å². The van der Waals surface area contributed by atoms with Crippen LogP contribution in [0.2, 0.25) is 0 Å². The molecule has 0 rings (SSSR count). The molecule has 0 spiro atoms. The molecule has 0 aromatic carbocycles. The summed E-state index contributed by atoms with van der Waals surface area (Å²) in [6, 6.07) is 0. The zero-order chi connectivity index (χ0) is 20.3. The fraction of sp³-hybridized carbons (Fsp3) is 0.760. The zero-order valence-electron chi connectivity index (χ0n) is 18.4. The van der Waals surface area contributed by atoms with Crippen LogP contribution in [0.3, 0.4) is 0 Å². The van der Waals surface area contributed by atoms with E-state index in [-0.39, 0.29) is 0 Å². The summed E-state index contributed by atoms with van der Waals surface area (Å²) in [7, 11) is 0. The van der Waals surface area contributed by atoms with Crippen molar-refractivity contribution in [1.82, 2.24) is 0 Å². The molecule has 0 radical (unpaired) electrons. The standard InChI is InChI=1S/C13H26O.C12H22O/c1-2-3-4-5-6-7-8-9-10-11-12-13-14;1-2-3-4-5-6-7-8-9-10-11-12-13/h12-14H,2-11H2,1H3;9-13H,2-8H2,1H3/b13-12-;10-9+,12-11-. The Morgan fingerprint density at radius 3 is 1.26 bits per heavy atom. The van der Waals surface area contributed by atoms with Gasteiger partial charge in [-0.25, -0.2) is 0 Å². The molecule has 0 atom stereocenters. The molecule has 0 aliphatic rings. The lowest BCUT2D eigenvalue weighted by Gasteiger charge is -2.00. The first-order valence-electron chi connectivity index (χ1n) is 11.6. The van der Waals surface area contributed by atoms with Gasteiger partial charge in [0, 0.05) is 0 Å². The molecule has 0 aromatic heterocycles. The Morgan fingerprint density at radius 2 is 0.852 bits per heavy atom. The molecule has 160 valence electrons. The summed E-state index contributed by atoms with van der Waals surface area (Å²) in [6.07, 6.45) is 32.3. The van der Waals surface area contributed by atoms with Crippen molar-refractivity contribution in [2.24, 2.45) is 0 Å². The van der Waals surface area contributed by atoms with Gasteiger partial charge in [-0.05, 0) is 31.8 Å². The molecule has 0 saturated heterocycles. The van der Waals surface area contributed by atoms with Crippen LogP contribution in [0.1, 0.15) is 123 Å². The molecule has 0 aliphatic heterocycles. The number of aliphatic hydroxyl groups excluding tert-OH is 2. The van der Waals surface area contributed by atoms with Gasteiger partial charge in [-0.1, -0.05) is 116 Å². The first-order chi connectivity index (χ1) is 13.3. The third kappa shape index (κ3) is 32.9. The van der Waals surface area contributed by atoms with Crippen LogP contribution in [-0.2, 0) is 0 Å². The van der Waals surface area contributed by atoms with Crippen molar-refractivity contribution >= 4 is 0 Å². The monoisotopic (exact) mass is 380 g/mol. The lowest BCUT2D eigenvalue weighted by molar-refractivity contribution is 0.469. The molecule has 0 aromatic rings. The number of aliphatic hydroxyl groups is 2. The fourth-order valence-corrected chi connectivity index (χ4v) is 2.91. The second kappa shape index (κ2) is 29.6. The molecule has 2 nitrogen and oxygen atoms in total. The molecular formula is C25H48O2. The molecular weight excluding hydrogens is 332 g/mol. The summed E-state index contributed by atoms with van der Waals surface area (Å²) in [6.45, 7) is 4.50. The normalized spacial score (nSPS) is 11.5. The lowest BCUT2D eigenvalue weighted by atomic mass is 10.1. The number of unbranched alkanes of at least 4 members (excludes halogenated alkanes) is 15. The van der Waals surface area contributed by atoms with Crippen molar-refractivity contribution in [1.29, 1.82) is 0 Å². The molecule has 0 amide bonds. The van der Waals surface area contributed by atoms with Crippen LogP contribution in [-0.4, -0.2) is 10.2 Å². The van der Waals surface area contributed by atoms with Gasteiger partial charge in [-0.3, -0.25) is 0 Å². The van der Waals surface area contributed by atoms with E-state index in [1.165, 1.54) is 96.3 Å². The molecule has 0 bridgehead atoms. The summed E-state index contributed by atoms with van der Waals surface area (Å²) in [5, 5.41) is 16.7. The maximum absolute atomic E-state index is 8.41. The summed E-state index contributed by atoms with van der Waals surface area (Å²) >= 11 is 0. The summed E-state index contributed by atoms with van der Waals surface area (Å²) in [4.78, 5) is 0. The topological polar surface area (TPSA) is 40.5 Å². The molecule has 0 heterocycles. The molecule has 2 heteroatoms. The van der Waals surface area contributed by atoms with Crippen molar-refractivity contribution in [3.05, 3.63) is 36.8 Å². The highest BCUT2D eigenvalue weighted by Gasteiger charge is 1.91. The first-order valence-corrected chi connectivity index (χ1v) is 11.6. The Bertz CT molecular complexity index is 318. The largest absolute Gasteiger partial charge is 0.516 e. The average Bonchev–Trinajstić information content (AvgIpc) is 2.69. The van der Waals surface area contributed by atoms with Crippen LogP contribution >= 0.6 is 0 Å². The fourth-order valence-electron chi connectivity index (χ4n) is 2.91. The van der Waals surface area contributed by atoms with E-state index in [1.807, 2.05) is 12.2 Å². The van der Waals surface area contributed by atoms with Gasteiger partial charge in [0.1, 0.15) is 0 Å². The summed E-state index contributed by atoms with van der Waals surface area (Å²) in [5.74, 6) is 0. The van der Waals surface area contributed by atoms with E-state index >= 15 is 0 Å². The number of allylic oxidation sites excluding steroid dienone is 4. The highest BCUT2D eigenvalue weighted by molar-refractivity contribution is 4.98. The van der Waals surface area contributed by atoms with Gasteiger partial charge in [0.05, 0.1) is 12.5 Å². The van der Waals surface area contributed by atoms with Gasteiger partial charge in [0.15, 0.2) is 0 Å². The molecule has 0 aliphatic carbocycles. The molecule has 0 saturated carbocycles. The molecule has 27 heavy (non-hydrogen) atoms. The molecule has 2 N–H and O–H groups in total. The van der Waals surface area contributed by atoms with Crippen molar-refractivity contribution in [3.8, 4) is 0 Å². The predicted octanol–water partition coefficient (Wildman–Crippen LogP) is 9.34. The van der Waals surface area contributed by atoms with Crippen molar-refractivity contribution in [2.45, 2.75) is 123 Å². The van der Waals surface area contributed by atoms with E-state index in [9.17, 15) is 0 Å². The second-order valence-corrected chi connectivity index (χ2v) is 7.33. The van der Waals surface area contributed by atoms with Gasteiger partial charge in [0.2, 0.25) is 0 Å². The maximum Gasteiger partial charge on any atom is 0.0791 e. The Kier molecular flexibility index (Phi) is 30.7. The lowest BCUT2D eigenvalue weighted by Crippen LogP contribution is -1.80. The first kappa shape index (κ1) is 28.0. The SMILES string of the molecule is CCCCCCCC/C=C/C=C\O.CCCCCCCCCCC/C=C\O. The number of hydrogen-bond donors (Lipinski definition) is 2. The highest BCUT2D eigenvalue weighted by Crippen LogP contribution is 2.10. The van der Waals surface area contributed by atoms with Crippen LogP contribution < -0.4 is 0 Å². The smallest absolute Gasteiger partial charge is 0.0791 e. The van der Waals surface area contributed by atoms with E-state index in [0.29, 0.717) is 0 Å². The Morgan fingerprint density at radius 1 is 0.444 bits per heavy atom. The minimum absolute atomic E-state index is 1.03. The molecule has 0 fully saturated rings. The van der Waals surface area contributed by atoms with E-state index in [0.717, 1.165) is 25.4 Å². The third-order valence-corrected chi connectivity index (χ3v) is 4.64. The average molecular weight is 381 g/mol. The zero-order valence-corrected chi connectivity index (χ0v) is 18.4. The summed E-state index contributed by atoms with van der Waals surface area (Å²) in [5.41, 5.74) is 0. The highest BCUT2D eigenvalue weighted by atomic mass is 16.2. The second-order valence-electron chi connectivity index (χ2n) is 7.33. The Balaban J connectivity index is 0. The third-order valence-electron chi connectivity index (χ3n) is 4.64. The van der Waals surface area contributed by atoms with E-state index in [1.54, 1.807) is 6.08 Å². The van der Waals surface area contributed by atoms with Crippen LogP contribution in [0.25, 0.3) is 0 Å². The predicted molar refractivity (Wildman–Crippen MR) is 123 cm³/mol. The maximum atomic E-state index is 8.41. The van der Waals surface area contributed by atoms with Gasteiger partial charge in [-0.2, -0.15) is 0 Å². The Labute approximate surface area is 170 Å². The van der Waals surface area contributed by atoms with Crippen LogP contribution in [0.15, 0.2) is 36.8 Å². The van der Waals surface area contributed by atoms with E-state index in [2.05, 4.69) is 19.9 Å². The van der Waals surface area contributed by atoms with Crippen LogP contribution in [0.5, 0.6) is 0 Å². The number of rotatable bonds is 18. The van der Waals surface area contributed by atoms with E-state index in [4.69, 9.17) is 10.2 Å². The molecule has 0 unspecified atom stereocenters. The quantitative estimate of drug-likeness (QED) is 0.141. The van der Waals surface area contributed by atoms with Crippen LogP contribution in [0, 0.1) is 0 Å². The summed E-state index contributed by atoms with van der Waals surface area (Å²) < 4.78 is 0. The Hall–Kier alpha value is -1.18. The number of hydrogen-bond acceptors (Lipinski definition) is 2. The van der Waals surface area contributed by atoms with Gasteiger partial charge in [0.25, 0.3) is 0 Å². The van der Waals surface area contributed by atoms with Crippen molar-refractivity contribution < 1.29 is 10.2 Å². The van der Waals surface area contributed by atoms with Gasteiger partial charge < -0.3 is 10.2 Å². The van der Waals surface area contributed by atoms with Gasteiger partial charge in [-0.15, -0.1) is 0 Å². The minimum Gasteiger partial charge on any atom is -0.516 e. The van der Waals surface area contributed by atoms with Crippen molar-refractivity contribution in [3.63, 3.8) is 0 Å². The van der Waals surface area contributed by atoms with Gasteiger partial charge >= 0.3 is 0 Å². The van der Waals surface area contributed by atoms with E-state index < -0.39 is 0 Å². The van der Waals surface area contributed by atoms with Crippen molar-refractivity contribution in [2.75, 3.05) is 0 Å². The minimum atomic E-state index is 1.03.